The molecule has 0 unspecified atom stereocenters. The van der Waals surface area contributed by atoms with Crippen LogP contribution < -0.4 is 10.2 Å². The molecule has 1 aliphatic heterocycles. The van der Waals surface area contributed by atoms with Crippen LogP contribution in [0.5, 0.6) is 0 Å². The molecule has 1 aliphatic rings. The minimum Gasteiger partial charge on any atom is -0.463 e. The number of rotatable bonds is 3. The molecule has 0 radical (unpaired) electrons. The highest BCUT2D eigenvalue weighted by atomic mass is 16.3. The molecule has 1 fully saturated rings. The third-order valence-corrected chi connectivity index (χ3v) is 4.16. The van der Waals surface area contributed by atoms with Crippen molar-refractivity contribution in [1.82, 2.24) is 20.3 Å². The molecule has 25 heavy (non-hydrogen) atoms. The molecular weight excluding hydrogens is 318 g/mol. The molecule has 0 spiro atoms. The fraction of sp³-hybridized carbons (Fsp3) is 0.222. The third kappa shape index (κ3) is 2.96. The van der Waals surface area contributed by atoms with Gasteiger partial charge in [0.15, 0.2) is 5.76 Å². The Kier molecular flexibility index (Phi) is 3.89. The van der Waals surface area contributed by atoms with E-state index in [0.717, 1.165) is 16.7 Å². The number of aromatic nitrogens is 3. The van der Waals surface area contributed by atoms with Crippen LogP contribution in [-0.4, -0.2) is 40.5 Å². The van der Waals surface area contributed by atoms with Crippen LogP contribution in [0.3, 0.4) is 0 Å². The van der Waals surface area contributed by atoms with Crippen molar-refractivity contribution in [2.75, 3.05) is 24.5 Å². The minimum absolute atomic E-state index is 0.0246. The number of hydrogen-bond acceptors (Lipinski definition) is 6. The Morgan fingerprint density at radius 3 is 2.92 bits per heavy atom. The van der Waals surface area contributed by atoms with E-state index in [-0.39, 0.29) is 12.5 Å². The summed E-state index contributed by atoms with van der Waals surface area (Å²) in [5.74, 6) is 1.16. The van der Waals surface area contributed by atoms with Crippen molar-refractivity contribution in [1.29, 1.82) is 0 Å². The Morgan fingerprint density at radius 1 is 1.24 bits per heavy atom. The van der Waals surface area contributed by atoms with Crippen molar-refractivity contribution >= 4 is 11.9 Å². The van der Waals surface area contributed by atoms with Gasteiger partial charge in [-0.15, -0.1) is 0 Å². The van der Waals surface area contributed by atoms with Crippen LogP contribution in [0.2, 0.25) is 0 Å². The van der Waals surface area contributed by atoms with Crippen molar-refractivity contribution in [2.45, 2.75) is 6.92 Å². The summed E-state index contributed by atoms with van der Waals surface area (Å²) < 4.78 is 5.58. The number of hydrogen-bond donors (Lipinski definition) is 1. The molecule has 1 amide bonds. The number of piperazine rings is 1. The summed E-state index contributed by atoms with van der Waals surface area (Å²) in [6.07, 6.45) is 6.96. The molecule has 0 saturated carbocycles. The number of carbonyl (C=O) groups excluding carboxylic acids is 1. The summed E-state index contributed by atoms with van der Waals surface area (Å²) in [6, 6.07) is 5.64. The predicted octanol–water partition coefficient (Wildman–Crippen LogP) is 2.04. The summed E-state index contributed by atoms with van der Waals surface area (Å²) >= 11 is 0. The van der Waals surface area contributed by atoms with Gasteiger partial charge in [0, 0.05) is 37.2 Å². The lowest BCUT2D eigenvalue weighted by atomic mass is 10.0. The molecule has 1 N–H and O–H groups in total. The molecular formula is C18H17N5O2. The summed E-state index contributed by atoms with van der Waals surface area (Å²) in [6.45, 7) is 3.52. The average molecular weight is 335 g/mol. The molecule has 3 aromatic heterocycles. The largest absolute Gasteiger partial charge is 0.463 e. The van der Waals surface area contributed by atoms with Gasteiger partial charge in [0.2, 0.25) is 11.9 Å². The van der Waals surface area contributed by atoms with Gasteiger partial charge < -0.3 is 14.6 Å². The molecule has 1 saturated heterocycles. The molecule has 126 valence electrons. The quantitative estimate of drug-likeness (QED) is 0.788. The second kappa shape index (κ2) is 6.35. The van der Waals surface area contributed by atoms with Crippen LogP contribution in [0, 0.1) is 6.92 Å². The highest BCUT2D eigenvalue weighted by Gasteiger charge is 2.21. The molecule has 3 aromatic rings. The Bertz CT molecular complexity index is 908. The first-order valence-corrected chi connectivity index (χ1v) is 8.06. The van der Waals surface area contributed by atoms with Crippen molar-refractivity contribution in [2.24, 2.45) is 0 Å². The monoisotopic (exact) mass is 335 g/mol. The number of nitrogens with one attached hydrogen (secondary N) is 1. The van der Waals surface area contributed by atoms with E-state index in [1.807, 2.05) is 36.2 Å². The molecule has 0 atom stereocenters. The standard InChI is InChI=1S/C18H17N5O2/c1-12-9-19-5-4-13(12)14-10-21-18(23-7-6-20-16(24)11-23)22-17(14)15-3-2-8-25-15/h2-5,8-10H,6-7,11H2,1H3,(H,20,24). The molecule has 0 bridgehead atoms. The van der Waals surface area contributed by atoms with Crippen molar-refractivity contribution < 1.29 is 9.21 Å². The number of nitrogens with zero attached hydrogens (tertiary/aromatic N) is 4. The van der Waals surface area contributed by atoms with Crippen LogP contribution >= 0.6 is 0 Å². The van der Waals surface area contributed by atoms with Gasteiger partial charge in [-0.1, -0.05) is 0 Å². The number of furan rings is 1. The van der Waals surface area contributed by atoms with Gasteiger partial charge in [-0.3, -0.25) is 9.78 Å². The SMILES string of the molecule is Cc1cnccc1-c1cnc(N2CCNC(=O)C2)nc1-c1ccco1. The zero-order chi connectivity index (χ0) is 17.2. The normalized spacial score (nSPS) is 14.4. The van der Waals surface area contributed by atoms with E-state index < -0.39 is 0 Å². The first kappa shape index (κ1) is 15.3. The molecule has 0 aliphatic carbocycles. The van der Waals surface area contributed by atoms with Gasteiger partial charge in [0.1, 0.15) is 5.69 Å². The average Bonchev–Trinajstić information content (AvgIpc) is 3.16. The smallest absolute Gasteiger partial charge is 0.239 e. The Labute approximate surface area is 144 Å². The first-order chi connectivity index (χ1) is 12.2. The van der Waals surface area contributed by atoms with E-state index in [1.165, 1.54) is 0 Å². The molecule has 7 heteroatoms. The minimum atomic E-state index is -0.0246. The number of aryl methyl sites for hydroxylation is 1. The summed E-state index contributed by atoms with van der Waals surface area (Å²) in [7, 11) is 0. The number of anilines is 1. The molecule has 4 heterocycles. The van der Waals surface area contributed by atoms with Crippen LogP contribution in [0.25, 0.3) is 22.6 Å². The zero-order valence-electron chi connectivity index (χ0n) is 13.8. The van der Waals surface area contributed by atoms with Crippen LogP contribution in [0.4, 0.5) is 5.95 Å². The fourth-order valence-electron chi connectivity index (χ4n) is 2.91. The summed E-state index contributed by atoms with van der Waals surface area (Å²) in [5, 5.41) is 2.81. The molecule has 4 rings (SSSR count). The van der Waals surface area contributed by atoms with Crippen molar-refractivity contribution in [3.63, 3.8) is 0 Å². The van der Waals surface area contributed by atoms with Gasteiger partial charge >= 0.3 is 0 Å². The lowest BCUT2D eigenvalue weighted by Gasteiger charge is -2.27. The zero-order valence-corrected chi connectivity index (χ0v) is 13.8. The topological polar surface area (TPSA) is 84.2 Å². The molecule has 7 nitrogen and oxygen atoms in total. The number of carbonyl (C=O) groups is 1. The van der Waals surface area contributed by atoms with E-state index in [1.54, 1.807) is 18.7 Å². The lowest BCUT2D eigenvalue weighted by Crippen LogP contribution is -2.48. The van der Waals surface area contributed by atoms with Gasteiger partial charge in [-0.25, -0.2) is 9.97 Å². The van der Waals surface area contributed by atoms with E-state index >= 15 is 0 Å². The third-order valence-electron chi connectivity index (χ3n) is 4.16. The van der Waals surface area contributed by atoms with Crippen molar-refractivity contribution in [3.8, 4) is 22.6 Å². The molecule has 0 aromatic carbocycles. The second-order valence-electron chi connectivity index (χ2n) is 5.87. The predicted molar refractivity (Wildman–Crippen MR) is 92.9 cm³/mol. The summed E-state index contributed by atoms with van der Waals surface area (Å²) in [5.41, 5.74) is 3.61. The highest BCUT2D eigenvalue weighted by Crippen LogP contribution is 2.33. The van der Waals surface area contributed by atoms with E-state index in [9.17, 15) is 4.79 Å². The maximum Gasteiger partial charge on any atom is 0.239 e. The Hall–Kier alpha value is -3.22. The maximum absolute atomic E-state index is 11.7. The first-order valence-electron chi connectivity index (χ1n) is 8.06. The van der Waals surface area contributed by atoms with E-state index in [2.05, 4.69) is 15.3 Å². The van der Waals surface area contributed by atoms with Crippen LogP contribution in [0.15, 0.2) is 47.5 Å². The Balaban J connectivity index is 1.83. The fourth-order valence-corrected chi connectivity index (χ4v) is 2.91. The van der Waals surface area contributed by atoms with Crippen LogP contribution in [-0.2, 0) is 4.79 Å². The number of pyridine rings is 1. The number of amides is 1. The van der Waals surface area contributed by atoms with Gasteiger partial charge in [0.25, 0.3) is 0 Å². The second-order valence-corrected chi connectivity index (χ2v) is 5.87. The summed E-state index contributed by atoms with van der Waals surface area (Å²) in [4.78, 5) is 26.9. The van der Waals surface area contributed by atoms with Gasteiger partial charge in [-0.2, -0.15) is 0 Å². The van der Waals surface area contributed by atoms with Gasteiger partial charge in [-0.05, 0) is 36.2 Å². The Morgan fingerprint density at radius 2 is 2.16 bits per heavy atom. The highest BCUT2D eigenvalue weighted by molar-refractivity contribution is 5.83. The van der Waals surface area contributed by atoms with E-state index in [0.29, 0.717) is 30.5 Å². The van der Waals surface area contributed by atoms with E-state index in [4.69, 9.17) is 9.40 Å². The van der Waals surface area contributed by atoms with Crippen molar-refractivity contribution in [3.05, 3.63) is 48.6 Å². The maximum atomic E-state index is 11.7. The van der Waals surface area contributed by atoms with Crippen LogP contribution in [0.1, 0.15) is 5.56 Å². The van der Waals surface area contributed by atoms with Gasteiger partial charge in [0.05, 0.1) is 12.8 Å². The lowest BCUT2D eigenvalue weighted by molar-refractivity contribution is -0.120.